The highest BCUT2D eigenvalue weighted by molar-refractivity contribution is 7.87. The van der Waals surface area contributed by atoms with Gasteiger partial charge in [0.2, 0.25) is 5.91 Å². The molecule has 0 spiro atoms. The lowest BCUT2D eigenvalue weighted by atomic mass is 9.91. The van der Waals surface area contributed by atoms with Gasteiger partial charge >= 0.3 is 16.3 Å². The molecule has 0 saturated carbocycles. The molecule has 6 nitrogen and oxygen atoms in total. The zero-order valence-electron chi connectivity index (χ0n) is 20.1. The van der Waals surface area contributed by atoms with E-state index in [1.807, 2.05) is 34.6 Å². The first-order valence-corrected chi connectivity index (χ1v) is 12.0. The molecule has 2 aromatic carbocycles. The van der Waals surface area contributed by atoms with Crippen molar-refractivity contribution in [3.63, 3.8) is 0 Å². The van der Waals surface area contributed by atoms with Crippen LogP contribution in [0.4, 0.5) is 13.2 Å². The van der Waals surface area contributed by atoms with Crippen LogP contribution >= 0.6 is 0 Å². The first-order chi connectivity index (χ1) is 15.5. The van der Waals surface area contributed by atoms with E-state index in [9.17, 15) is 26.4 Å². The third-order valence-electron chi connectivity index (χ3n) is 4.86. The number of rotatable bonds is 8. The summed E-state index contributed by atoms with van der Waals surface area (Å²) < 4.78 is 74.9. The molecule has 0 N–H and O–H groups in total. The number of benzene rings is 2. The number of methoxy groups -OCH3 is 1. The van der Waals surface area contributed by atoms with Gasteiger partial charge in [-0.2, -0.15) is 21.6 Å². The van der Waals surface area contributed by atoms with Gasteiger partial charge in [0.25, 0.3) is 0 Å². The van der Waals surface area contributed by atoms with Gasteiger partial charge in [-0.3, -0.25) is 4.79 Å². The molecule has 0 fully saturated rings. The minimum absolute atomic E-state index is 0.0580. The van der Waals surface area contributed by atoms with Crippen LogP contribution in [0.2, 0.25) is 0 Å². The summed E-state index contributed by atoms with van der Waals surface area (Å²) in [5.74, 6) is -0.168. The number of carbonyl (C=O) groups excluding carboxylic acids is 1. The molecular weight excluding hydrogens is 471 g/mol. The maximum atomic E-state index is 13.0. The maximum absolute atomic E-state index is 13.0. The lowest BCUT2D eigenvalue weighted by molar-refractivity contribution is -0.138. The van der Waals surface area contributed by atoms with E-state index in [0.29, 0.717) is 18.1 Å². The smallest absolute Gasteiger partial charge is 0.416 e. The van der Waals surface area contributed by atoms with Gasteiger partial charge in [0.1, 0.15) is 4.90 Å². The molecule has 0 unspecified atom stereocenters. The molecule has 0 atom stereocenters. The van der Waals surface area contributed by atoms with Crippen LogP contribution in [0.3, 0.4) is 0 Å². The van der Waals surface area contributed by atoms with Gasteiger partial charge in [0.05, 0.1) is 12.7 Å². The van der Waals surface area contributed by atoms with E-state index in [-0.39, 0.29) is 35.4 Å². The van der Waals surface area contributed by atoms with E-state index in [1.165, 1.54) is 19.2 Å². The van der Waals surface area contributed by atoms with E-state index in [1.54, 1.807) is 11.0 Å². The fraction of sp³-hybridized carbons (Fsp3) is 0.458. The third kappa shape index (κ3) is 7.38. The van der Waals surface area contributed by atoms with Gasteiger partial charge in [-0.15, -0.1) is 0 Å². The number of halogens is 3. The summed E-state index contributed by atoms with van der Waals surface area (Å²) in [4.78, 5) is 13.8. The van der Waals surface area contributed by atoms with Crippen molar-refractivity contribution in [1.82, 2.24) is 4.90 Å². The standard InChI is InChI=1S/C24H30F3NO5S/c1-16(2)28(22(29)14-23(3,4)5)15-17-10-11-20(32-6)21(12-17)33-34(30,31)19-9-7-8-18(13-19)24(25,26)27/h7-13,16H,14-15H2,1-6H3. The zero-order chi connectivity index (χ0) is 25.9. The first-order valence-electron chi connectivity index (χ1n) is 10.6. The molecule has 1 amide bonds. The SMILES string of the molecule is COc1ccc(CN(C(=O)CC(C)(C)C)C(C)C)cc1OS(=O)(=O)c1cccc(C(F)(F)F)c1. The summed E-state index contributed by atoms with van der Waals surface area (Å²) in [6, 6.07) is 7.74. The molecule has 0 saturated heterocycles. The first kappa shape index (κ1) is 27.5. The minimum atomic E-state index is -4.71. The van der Waals surface area contributed by atoms with Crippen molar-refractivity contribution < 1.29 is 35.3 Å². The van der Waals surface area contributed by atoms with Gasteiger partial charge in [0, 0.05) is 19.0 Å². The largest absolute Gasteiger partial charge is 0.493 e. The lowest BCUT2D eigenvalue weighted by Gasteiger charge is -2.30. The second-order valence-electron chi connectivity index (χ2n) is 9.40. The summed E-state index contributed by atoms with van der Waals surface area (Å²) in [5, 5.41) is 0. The second-order valence-corrected chi connectivity index (χ2v) is 10.9. The van der Waals surface area contributed by atoms with Crippen molar-refractivity contribution in [2.75, 3.05) is 7.11 Å². The van der Waals surface area contributed by atoms with Crippen molar-refractivity contribution >= 4 is 16.0 Å². The fourth-order valence-corrected chi connectivity index (χ4v) is 4.17. The van der Waals surface area contributed by atoms with Crippen molar-refractivity contribution in [3.8, 4) is 11.5 Å². The van der Waals surface area contributed by atoms with Crippen molar-refractivity contribution in [2.45, 2.75) is 64.7 Å². The molecule has 2 rings (SSSR count). The molecule has 0 aliphatic heterocycles. The Morgan fingerprint density at radius 2 is 1.68 bits per heavy atom. The van der Waals surface area contributed by atoms with E-state index >= 15 is 0 Å². The van der Waals surface area contributed by atoms with Gasteiger partial charge in [-0.25, -0.2) is 0 Å². The maximum Gasteiger partial charge on any atom is 0.416 e. The van der Waals surface area contributed by atoms with Crippen LogP contribution in [-0.4, -0.2) is 32.4 Å². The molecule has 0 aromatic heterocycles. The summed E-state index contributed by atoms with van der Waals surface area (Å²) in [7, 11) is -3.28. The number of carbonyl (C=O) groups is 1. The van der Waals surface area contributed by atoms with Crippen LogP contribution in [0.5, 0.6) is 11.5 Å². The predicted molar refractivity (Wildman–Crippen MR) is 122 cm³/mol. The summed E-state index contributed by atoms with van der Waals surface area (Å²) in [5.41, 5.74) is -0.744. The van der Waals surface area contributed by atoms with Crippen molar-refractivity contribution in [3.05, 3.63) is 53.6 Å². The van der Waals surface area contributed by atoms with Gasteiger partial charge < -0.3 is 13.8 Å². The molecule has 34 heavy (non-hydrogen) atoms. The quantitative estimate of drug-likeness (QED) is 0.437. The average molecular weight is 502 g/mol. The molecule has 188 valence electrons. The highest BCUT2D eigenvalue weighted by Gasteiger charge is 2.32. The Labute approximate surface area is 198 Å². The highest BCUT2D eigenvalue weighted by atomic mass is 32.2. The van der Waals surface area contributed by atoms with E-state index in [0.717, 1.165) is 18.2 Å². The van der Waals surface area contributed by atoms with Crippen LogP contribution < -0.4 is 8.92 Å². The number of amides is 1. The Balaban J connectivity index is 2.37. The lowest BCUT2D eigenvalue weighted by Crippen LogP contribution is -2.38. The highest BCUT2D eigenvalue weighted by Crippen LogP contribution is 2.34. The second kappa shape index (κ2) is 10.2. The molecule has 0 radical (unpaired) electrons. The Morgan fingerprint density at radius 3 is 2.21 bits per heavy atom. The minimum Gasteiger partial charge on any atom is -0.493 e. The van der Waals surface area contributed by atoms with Crippen LogP contribution in [0.15, 0.2) is 47.4 Å². The number of ether oxygens (including phenoxy) is 1. The van der Waals surface area contributed by atoms with Crippen molar-refractivity contribution in [2.24, 2.45) is 5.41 Å². The van der Waals surface area contributed by atoms with Crippen LogP contribution in [-0.2, 0) is 27.6 Å². The van der Waals surface area contributed by atoms with Gasteiger partial charge in [-0.05, 0) is 55.2 Å². The number of hydrogen-bond donors (Lipinski definition) is 0. The predicted octanol–water partition coefficient (Wildman–Crippen LogP) is 5.65. The molecule has 0 bridgehead atoms. The normalized spacial score (nSPS) is 12.5. The molecular formula is C24H30F3NO5S. The molecule has 10 heteroatoms. The third-order valence-corrected chi connectivity index (χ3v) is 6.09. The topological polar surface area (TPSA) is 72.9 Å². The molecule has 0 aliphatic carbocycles. The number of nitrogens with zero attached hydrogens (tertiary/aromatic N) is 1. The molecule has 2 aromatic rings. The Hall–Kier alpha value is -2.75. The fourth-order valence-electron chi connectivity index (χ4n) is 3.19. The summed E-state index contributed by atoms with van der Waals surface area (Å²) in [6.45, 7) is 9.82. The van der Waals surface area contributed by atoms with E-state index in [2.05, 4.69) is 0 Å². The van der Waals surface area contributed by atoms with Crippen LogP contribution in [0, 0.1) is 5.41 Å². The van der Waals surface area contributed by atoms with Gasteiger partial charge in [0.15, 0.2) is 11.5 Å². The van der Waals surface area contributed by atoms with Crippen molar-refractivity contribution in [1.29, 1.82) is 0 Å². The Kier molecular flexibility index (Phi) is 8.29. The Bertz CT molecular complexity index is 1120. The van der Waals surface area contributed by atoms with E-state index < -0.39 is 26.8 Å². The van der Waals surface area contributed by atoms with Crippen LogP contribution in [0.25, 0.3) is 0 Å². The molecule has 0 heterocycles. The number of hydrogen-bond acceptors (Lipinski definition) is 5. The molecule has 0 aliphatic rings. The summed E-state index contributed by atoms with van der Waals surface area (Å²) >= 11 is 0. The van der Waals surface area contributed by atoms with E-state index in [4.69, 9.17) is 8.92 Å². The Morgan fingerprint density at radius 1 is 1.03 bits per heavy atom. The zero-order valence-corrected chi connectivity index (χ0v) is 20.9. The monoisotopic (exact) mass is 501 g/mol. The van der Waals surface area contributed by atoms with Crippen LogP contribution in [0.1, 0.15) is 52.2 Å². The number of alkyl halides is 3. The van der Waals surface area contributed by atoms with Gasteiger partial charge in [-0.1, -0.05) is 32.9 Å². The average Bonchev–Trinajstić information content (AvgIpc) is 2.70. The summed E-state index contributed by atoms with van der Waals surface area (Å²) in [6.07, 6.45) is -4.38.